The number of aryl methyl sites for hydroxylation is 1. The number of aromatic nitrogens is 2. The van der Waals surface area contributed by atoms with Crippen LogP contribution in [0.15, 0.2) is 64.7 Å². The highest BCUT2D eigenvalue weighted by molar-refractivity contribution is 7.98. The highest BCUT2D eigenvalue weighted by Gasteiger charge is 2.15. The SMILES string of the molecule is Cc1ccccc1CSc1ncc(C(=O)Nc2ccc(F)cc2)c(=O)n1C. The molecule has 0 unspecified atom stereocenters. The van der Waals surface area contributed by atoms with Gasteiger partial charge in [0, 0.05) is 24.7 Å². The summed E-state index contributed by atoms with van der Waals surface area (Å²) < 4.78 is 14.3. The second kappa shape index (κ2) is 8.18. The maximum absolute atomic E-state index is 13.0. The monoisotopic (exact) mass is 383 g/mol. The van der Waals surface area contributed by atoms with Gasteiger partial charge in [-0.25, -0.2) is 9.37 Å². The minimum absolute atomic E-state index is 0.0675. The van der Waals surface area contributed by atoms with Gasteiger partial charge in [-0.1, -0.05) is 36.0 Å². The summed E-state index contributed by atoms with van der Waals surface area (Å²) in [6.07, 6.45) is 1.28. The van der Waals surface area contributed by atoms with Crippen LogP contribution in [-0.4, -0.2) is 15.5 Å². The minimum Gasteiger partial charge on any atom is -0.322 e. The molecule has 1 heterocycles. The average Bonchev–Trinajstić information content (AvgIpc) is 2.66. The predicted octanol–water partition coefficient (Wildman–Crippen LogP) is 3.77. The van der Waals surface area contributed by atoms with Crippen molar-refractivity contribution in [1.82, 2.24) is 9.55 Å². The zero-order chi connectivity index (χ0) is 19.4. The first kappa shape index (κ1) is 18.8. The molecule has 0 aliphatic carbocycles. The lowest BCUT2D eigenvalue weighted by Gasteiger charge is -2.10. The average molecular weight is 383 g/mol. The Morgan fingerprint density at radius 2 is 1.89 bits per heavy atom. The first-order chi connectivity index (χ1) is 13.0. The number of hydrogen-bond donors (Lipinski definition) is 1. The molecule has 0 bridgehead atoms. The van der Waals surface area contributed by atoms with Crippen LogP contribution < -0.4 is 10.9 Å². The van der Waals surface area contributed by atoms with Crippen molar-refractivity contribution in [2.45, 2.75) is 17.8 Å². The van der Waals surface area contributed by atoms with Crippen molar-refractivity contribution < 1.29 is 9.18 Å². The van der Waals surface area contributed by atoms with Gasteiger partial charge in [0.15, 0.2) is 5.16 Å². The Balaban J connectivity index is 1.76. The molecule has 0 aliphatic heterocycles. The molecule has 0 radical (unpaired) electrons. The van der Waals surface area contributed by atoms with E-state index in [4.69, 9.17) is 0 Å². The van der Waals surface area contributed by atoms with E-state index in [0.29, 0.717) is 16.6 Å². The Kier molecular flexibility index (Phi) is 5.71. The van der Waals surface area contributed by atoms with E-state index in [0.717, 1.165) is 5.56 Å². The lowest BCUT2D eigenvalue weighted by atomic mass is 10.1. The summed E-state index contributed by atoms with van der Waals surface area (Å²) in [5, 5.41) is 3.10. The molecule has 1 N–H and O–H groups in total. The fraction of sp³-hybridized carbons (Fsp3) is 0.150. The number of nitrogens with zero attached hydrogens (tertiary/aromatic N) is 2. The van der Waals surface area contributed by atoms with Crippen molar-refractivity contribution in [3.8, 4) is 0 Å². The maximum atomic E-state index is 13.0. The molecule has 0 saturated carbocycles. The van der Waals surface area contributed by atoms with E-state index in [1.54, 1.807) is 7.05 Å². The molecule has 5 nitrogen and oxygen atoms in total. The van der Waals surface area contributed by atoms with Gasteiger partial charge < -0.3 is 5.32 Å². The zero-order valence-electron chi connectivity index (χ0n) is 14.9. The zero-order valence-corrected chi connectivity index (χ0v) is 15.7. The van der Waals surface area contributed by atoms with Crippen LogP contribution in [0.25, 0.3) is 0 Å². The van der Waals surface area contributed by atoms with Gasteiger partial charge in [0.25, 0.3) is 11.5 Å². The van der Waals surface area contributed by atoms with E-state index < -0.39 is 17.3 Å². The first-order valence-corrected chi connectivity index (χ1v) is 9.24. The second-order valence-electron chi connectivity index (χ2n) is 5.99. The Hall–Kier alpha value is -2.93. The van der Waals surface area contributed by atoms with Gasteiger partial charge in [0.2, 0.25) is 0 Å². The number of benzene rings is 2. The standard InChI is InChI=1S/C20H18FN3O2S/c1-13-5-3-4-6-14(13)12-27-20-22-11-17(19(26)24(20)2)18(25)23-16-9-7-15(21)8-10-16/h3-11H,12H2,1-2H3,(H,23,25). The van der Waals surface area contributed by atoms with Crippen LogP contribution in [0.1, 0.15) is 21.5 Å². The molecule has 27 heavy (non-hydrogen) atoms. The number of rotatable bonds is 5. The molecule has 3 aromatic rings. The third-order valence-corrected chi connectivity index (χ3v) is 5.18. The molecule has 1 aromatic heterocycles. The summed E-state index contributed by atoms with van der Waals surface area (Å²) in [7, 11) is 1.59. The number of carbonyl (C=O) groups is 1. The van der Waals surface area contributed by atoms with Crippen LogP contribution in [0.5, 0.6) is 0 Å². The Morgan fingerprint density at radius 1 is 1.19 bits per heavy atom. The van der Waals surface area contributed by atoms with Crippen LogP contribution in [0.2, 0.25) is 0 Å². The maximum Gasteiger partial charge on any atom is 0.266 e. The van der Waals surface area contributed by atoms with Gasteiger partial charge in [-0.15, -0.1) is 0 Å². The van der Waals surface area contributed by atoms with E-state index >= 15 is 0 Å². The summed E-state index contributed by atoms with van der Waals surface area (Å²) >= 11 is 1.43. The van der Waals surface area contributed by atoms with E-state index in [2.05, 4.69) is 10.3 Å². The number of nitrogens with one attached hydrogen (secondary N) is 1. The molecule has 0 saturated heterocycles. The van der Waals surface area contributed by atoms with Crippen LogP contribution in [0.3, 0.4) is 0 Å². The number of halogens is 1. The Bertz CT molecular complexity index is 1030. The number of carbonyl (C=O) groups excluding carboxylic acids is 1. The minimum atomic E-state index is -0.579. The normalized spacial score (nSPS) is 10.6. The van der Waals surface area contributed by atoms with Crippen molar-refractivity contribution in [3.63, 3.8) is 0 Å². The van der Waals surface area contributed by atoms with Gasteiger partial charge in [0.05, 0.1) is 0 Å². The molecular formula is C20H18FN3O2S. The summed E-state index contributed by atoms with van der Waals surface area (Å²) in [6, 6.07) is 13.3. The van der Waals surface area contributed by atoms with Gasteiger partial charge >= 0.3 is 0 Å². The van der Waals surface area contributed by atoms with Gasteiger partial charge in [0.1, 0.15) is 11.4 Å². The largest absolute Gasteiger partial charge is 0.322 e. The topological polar surface area (TPSA) is 64.0 Å². The van der Waals surface area contributed by atoms with Crippen LogP contribution >= 0.6 is 11.8 Å². The quantitative estimate of drug-likeness (QED) is 0.538. The Labute approximate surface area is 160 Å². The molecule has 0 aliphatic rings. The fourth-order valence-corrected chi connectivity index (χ4v) is 3.48. The van der Waals surface area contributed by atoms with Crippen LogP contribution in [0, 0.1) is 12.7 Å². The highest BCUT2D eigenvalue weighted by Crippen LogP contribution is 2.21. The molecule has 0 spiro atoms. The molecule has 0 atom stereocenters. The molecule has 7 heteroatoms. The lowest BCUT2D eigenvalue weighted by Crippen LogP contribution is -2.29. The summed E-state index contributed by atoms with van der Waals surface area (Å²) in [4.78, 5) is 29.2. The third kappa shape index (κ3) is 4.43. The van der Waals surface area contributed by atoms with Crippen LogP contribution in [-0.2, 0) is 12.8 Å². The van der Waals surface area contributed by atoms with Gasteiger partial charge in [-0.05, 0) is 42.3 Å². The number of hydrogen-bond acceptors (Lipinski definition) is 4. The third-order valence-electron chi connectivity index (χ3n) is 4.09. The van der Waals surface area contributed by atoms with Crippen molar-refractivity contribution in [2.75, 3.05) is 5.32 Å². The van der Waals surface area contributed by atoms with Crippen LogP contribution in [0.4, 0.5) is 10.1 Å². The number of anilines is 1. The summed E-state index contributed by atoms with van der Waals surface area (Å²) in [6.45, 7) is 2.03. The molecular weight excluding hydrogens is 365 g/mol. The second-order valence-corrected chi connectivity index (χ2v) is 6.94. The number of thioether (sulfide) groups is 1. The summed E-state index contributed by atoms with van der Waals surface area (Å²) in [5.74, 6) is -0.306. The highest BCUT2D eigenvalue weighted by atomic mass is 32.2. The molecule has 0 fully saturated rings. The number of amides is 1. The van der Waals surface area contributed by atoms with Crippen molar-refractivity contribution in [3.05, 3.63) is 87.6 Å². The van der Waals surface area contributed by atoms with Crippen molar-refractivity contribution in [1.29, 1.82) is 0 Å². The summed E-state index contributed by atoms with van der Waals surface area (Å²) in [5.41, 5.74) is 2.24. The van der Waals surface area contributed by atoms with Crippen molar-refractivity contribution in [2.24, 2.45) is 7.05 Å². The fourth-order valence-electron chi connectivity index (χ4n) is 2.46. The predicted molar refractivity (Wildman–Crippen MR) is 105 cm³/mol. The molecule has 138 valence electrons. The van der Waals surface area contributed by atoms with E-state index in [9.17, 15) is 14.0 Å². The Morgan fingerprint density at radius 3 is 2.59 bits per heavy atom. The first-order valence-electron chi connectivity index (χ1n) is 8.26. The van der Waals surface area contributed by atoms with E-state index in [1.807, 2.05) is 31.2 Å². The molecule has 3 rings (SSSR count). The smallest absolute Gasteiger partial charge is 0.266 e. The molecule has 2 aromatic carbocycles. The molecule has 1 amide bonds. The van der Waals surface area contributed by atoms with Gasteiger partial charge in [-0.2, -0.15) is 0 Å². The lowest BCUT2D eigenvalue weighted by molar-refractivity contribution is 0.102. The van der Waals surface area contributed by atoms with Crippen molar-refractivity contribution >= 4 is 23.4 Å². The van der Waals surface area contributed by atoms with E-state index in [-0.39, 0.29) is 5.56 Å². The van der Waals surface area contributed by atoms with E-state index in [1.165, 1.54) is 52.4 Å². The van der Waals surface area contributed by atoms with Gasteiger partial charge in [-0.3, -0.25) is 14.2 Å².